The van der Waals surface area contributed by atoms with Crippen molar-refractivity contribution in [1.29, 1.82) is 0 Å². The Hall–Kier alpha value is 0.310. The number of thioether (sulfide) groups is 1. The zero-order valence-corrected chi connectivity index (χ0v) is 9.92. The summed E-state index contributed by atoms with van der Waals surface area (Å²) in [6.07, 6.45) is 0. The first kappa shape index (κ1) is 12.3. The molecule has 0 saturated heterocycles. The molecule has 0 amide bonds. The van der Waals surface area contributed by atoms with Crippen molar-refractivity contribution >= 4 is 11.8 Å². The van der Waals surface area contributed by atoms with Crippen molar-refractivity contribution in [2.24, 2.45) is 5.92 Å². The summed E-state index contributed by atoms with van der Waals surface area (Å²) in [7, 11) is 0. The van der Waals surface area contributed by atoms with Gasteiger partial charge in [0, 0.05) is 17.0 Å². The van der Waals surface area contributed by atoms with Gasteiger partial charge >= 0.3 is 0 Å². The third-order valence-corrected chi connectivity index (χ3v) is 2.64. The highest BCUT2D eigenvalue weighted by Crippen LogP contribution is 2.21. The van der Waals surface area contributed by atoms with E-state index in [0.29, 0.717) is 4.75 Å². The van der Waals surface area contributed by atoms with E-state index in [9.17, 15) is 0 Å². The van der Waals surface area contributed by atoms with Crippen molar-refractivity contribution in [1.82, 2.24) is 5.32 Å². The molecule has 0 aliphatic heterocycles. The van der Waals surface area contributed by atoms with E-state index in [1.807, 2.05) is 11.8 Å². The van der Waals surface area contributed by atoms with Gasteiger partial charge in [0.25, 0.3) is 0 Å². The average molecular weight is 189 g/mol. The molecule has 0 bridgehead atoms. The fourth-order valence-corrected chi connectivity index (χ4v) is 1.68. The van der Waals surface area contributed by atoms with Crippen LogP contribution in [0.2, 0.25) is 0 Å². The van der Waals surface area contributed by atoms with Gasteiger partial charge in [0.15, 0.2) is 0 Å². The molecule has 0 atom stereocenters. The molecule has 0 spiro atoms. The molecule has 0 aromatic heterocycles. The first-order valence-electron chi connectivity index (χ1n) is 4.76. The Balaban J connectivity index is 3.12. The van der Waals surface area contributed by atoms with Gasteiger partial charge in [0.05, 0.1) is 0 Å². The predicted octanol–water partition coefficient (Wildman–Crippen LogP) is 2.76. The summed E-state index contributed by atoms with van der Waals surface area (Å²) in [6, 6.07) is 0. The zero-order chi connectivity index (χ0) is 9.61. The van der Waals surface area contributed by atoms with E-state index in [0.717, 1.165) is 19.0 Å². The molecule has 2 heteroatoms. The molecule has 0 aromatic rings. The molecule has 0 aliphatic carbocycles. The minimum atomic E-state index is 0.416. The molecule has 0 aromatic carbocycles. The Kier molecular flexibility index (Phi) is 6.02. The highest BCUT2D eigenvalue weighted by atomic mass is 32.2. The van der Waals surface area contributed by atoms with Gasteiger partial charge in [-0.15, -0.1) is 0 Å². The van der Waals surface area contributed by atoms with Gasteiger partial charge in [-0.1, -0.05) is 34.6 Å². The van der Waals surface area contributed by atoms with Crippen LogP contribution in [0.5, 0.6) is 0 Å². The van der Waals surface area contributed by atoms with Crippen molar-refractivity contribution in [3.8, 4) is 0 Å². The Morgan fingerprint density at radius 2 is 1.83 bits per heavy atom. The number of nitrogens with one attached hydrogen (secondary N) is 1. The largest absolute Gasteiger partial charge is 0.316 e. The highest BCUT2D eigenvalue weighted by molar-refractivity contribution is 8.00. The van der Waals surface area contributed by atoms with Crippen LogP contribution in [0.25, 0.3) is 0 Å². The second-order valence-corrected chi connectivity index (χ2v) is 6.48. The van der Waals surface area contributed by atoms with Crippen LogP contribution < -0.4 is 5.32 Å². The monoisotopic (exact) mass is 189 g/mol. The van der Waals surface area contributed by atoms with Gasteiger partial charge in [0.2, 0.25) is 0 Å². The van der Waals surface area contributed by atoms with Crippen LogP contribution in [-0.2, 0) is 0 Å². The standard InChI is InChI=1S/C10H23NS/c1-9(2)8-11-6-7-12-10(3,4)5/h9,11H,6-8H2,1-5H3. The second kappa shape index (κ2) is 5.87. The summed E-state index contributed by atoms with van der Waals surface area (Å²) in [5.74, 6) is 1.99. The third kappa shape index (κ3) is 10.3. The lowest BCUT2D eigenvalue weighted by atomic mass is 10.2. The van der Waals surface area contributed by atoms with Crippen LogP contribution in [0.1, 0.15) is 34.6 Å². The smallest absolute Gasteiger partial charge is 0.00755 e. The Labute approximate surface area is 81.7 Å². The van der Waals surface area contributed by atoms with Crippen LogP contribution in [0.3, 0.4) is 0 Å². The fraction of sp³-hybridized carbons (Fsp3) is 1.00. The first-order chi connectivity index (χ1) is 5.42. The van der Waals surface area contributed by atoms with Gasteiger partial charge in [-0.3, -0.25) is 0 Å². The lowest BCUT2D eigenvalue weighted by Crippen LogP contribution is -2.23. The molecule has 1 nitrogen and oxygen atoms in total. The molecular formula is C10H23NS. The summed E-state index contributed by atoms with van der Waals surface area (Å²) in [5, 5.41) is 3.44. The molecule has 0 radical (unpaired) electrons. The normalized spacial score (nSPS) is 12.5. The van der Waals surface area contributed by atoms with Crippen LogP contribution in [0, 0.1) is 5.92 Å². The van der Waals surface area contributed by atoms with Crippen molar-refractivity contribution in [3.05, 3.63) is 0 Å². The highest BCUT2D eigenvalue weighted by Gasteiger charge is 2.08. The van der Waals surface area contributed by atoms with Gasteiger partial charge in [-0.05, 0) is 12.5 Å². The Bertz CT molecular complexity index is 105. The molecule has 0 rings (SSSR count). The van der Waals surface area contributed by atoms with Crippen molar-refractivity contribution in [3.63, 3.8) is 0 Å². The summed E-state index contributed by atoms with van der Waals surface area (Å²) < 4.78 is 0.416. The Morgan fingerprint density at radius 1 is 1.25 bits per heavy atom. The van der Waals surface area contributed by atoms with Gasteiger partial charge < -0.3 is 5.32 Å². The van der Waals surface area contributed by atoms with Gasteiger partial charge in [-0.2, -0.15) is 11.8 Å². The lowest BCUT2D eigenvalue weighted by Gasteiger charge is -2.17. The van der Waals surface area contributed by atoms with E-state index < -0.39 is 0 Å². The first-order valence-corrected chi connectivity index (χ1v) is 5.75. The van der Waals surface area contributed by atoms with E-state index in [-0.39, 0.29) is 0 Å². The van der Waals surface area contributed by atoms with Crippen molar-refractivity contribution in [2.45, 2.75) is 39.4 Å². The molecule has 1 N–H and O–H groups in total. The maximum atomic E-state index is 3.44. The van der Waals surface area contributed by atoms with E-state index in [1.165, 1.54) is 5.75 Å². The summed E-state index contributed by atoms with van der Waals surface area (Å²) in [4.78, 5) is 0. The summed E-state index contributed by atoms with van der Waals surface area (Å²) in [5.41, 5.74) is 0. The van der Waals surface area contributed by atoms with Crippen LogP contribution in [0.15, 0.2) is 0 Å². The molecule has 0 aliphatic rings. The summed E-state index contributed by atoms with van der Waals surface area (Å²) >= 11 is 2.02. The van der Waals surface area contributed by atoms with E-state index >= 15 is 0 Å². The molecule has 74 valence electrons. The van der Waals surface area contributed by atoms with Crippen molar-refractivity contribution in [2.75, 3.05) is 18.8 Å². The van der Waals surface area contributed by atoms with E-state index in [1.54, 1.807) is 0 Å². The van der Waals surface area contributed by atoms with E-state index in [2.05, 4.69) is 39.9 Å². The summed E-state index contributed by atoms with van der Waals surface area (Å²) in [6.45, 7) is 13.6. The lowest BCUT2D eigenvalue weighted by molar-refractivity contribution is 0.568. The minimum absolute atomic E-state index is 0.416. The maximum absolute atomic E-state index is 3.44. The SMILES string of the molecule is CC(C)CNCCSC(C)(C)C. The maximum Gasteiger partial charge on any atom is 0.00755 e. The third-order valence-electron chi connectivity index (χ3n) is 1.37. The predicted molar refractivity (Wildman–Crippen MR) is 59.9 cm³/mol. The second-order valence-electron chi connectivity index (χ2n) is 4.56. The topological polar surface area (TPSA) is 12.0 Å². The molecule has 0 saturated carbocycles. The minimum Gasteiger partial charge on any atom is -0.316 e. The molecule has 0 unspecified atom stereocenters. The molecule has 0 heterocycles. The number of hydrogen-bond acceptors (Lipinski definition) is 2. The Morgan fingerprint density at radius 3 is 2.25 bits per heavy atom. The zero-order valence-electron chi connectivity index (χ0n) is 9.11. The molecular weight excluding hydrogens is 166 g/mol. The van der Waals surface area contributed by atoms with Crippen LogP contribution in [-0.4, -0.2) is 23.6 Å². The van der Waals surface area contributed by atoms with Crippen LogP contribution >= 0.6 is 11.8 Å². The van der Waals surface area contributed by atoms with E-state index in [4.69, 9.17) is 0 Å². The molecule has 12 heavy (non-hydrogen) atoms. The van der Waals surface area contributed by atoms with Gasteiger partial charge in [0.1, 0.15) is 0 Å². The fourth-order valence-electron chi connectivity index (χ4n) is 0.820. The quantitative estimate of drug-likeness (QED) is 0.667. The van der Waals surface area contributed by atoms with Crippen molar-refractivity contribution < 1.29 is 0 Å². The average Bonchev–Trinajstić information content (AvgIpc) is 1.83. The number of rotatable bonds is 5. The van der Waals surface area contributed by atoms with Crippen LogP contribution in [0.4, 0.5) is 0 Å². The molecule has 0 fully saturated rings. The number of hydrogen-bond donors (Lipinski definition) is 1. The van der Waals surface area contributed by atoms with Gasteiger partial charge in [-0.25, -0.2) is 0 Å².